The Kier molecular flexibility index (Phi) is 3.96. The average molecular weight is 405 g/mol. The number of hydrogen-bond acceptors (Lipinski definition) is 5. The fourth-order valence-electron chi connectivity index (χ4n) is 6.31. The van der Waals surface area contributed by atoms with Gasteiger partial charge in [0, 0.05) is 22.9 Å². The summed E-state index contributed by atoms with van der Waals surface area (Å²) < 4.78 is 18.6. The number of hydrogen-bond donors (Lipinski definition) is 1. The van der Waals surface area contributed by atoms with Crippen LogP contribution in [0.15, 0.2) is 48.6 Å². The van der Waals surface area contributed by atoms with E-state index in [2.05, 4.69) is 36.2 Å². The predicted octanol–water partition coefficient (Wildman–Crippen LogP) is 3.08. The molecular formula is C25H27NO4. The Bertz CT molecular complexity index is 1020. The molecule has 6 rings (SSSR count). The van der Waals surface area contributed by atoms with E-state index in [-0.39, 0.29) is 11.5 Å². The Hall–Kier alpha value is -2.50. The van der Waals surface area contributed by atoms with Crippen molar-refractivity contribution in [2.24, 2.45) is 5.92 Å². The highest BCUT2D eigenvalue weighted by Crippen LogP contribution is 2.64. The van der Waals surface area contributed by atoms with Gasteiger partial charge < -0.3 is 24.2 Å². The molecule has 0 unspecified atom stereocenters. The summed E-state index contributed by atoms with van der Waals surface area (Å²) in [7, 11) is 3.88. The van der Waals surface area contributed by atoms with E-state index in [9.17, 15) is 5.11 Å². The van der Waals surface area contributed by atoms with Gasteiger partial charge >= 0.3 is 0 Å². The first-order valence-corrected chi connectivity index (χ1v) is 10.8. The molecule has 1 saturated heterocycles. The second-order valence-corrected chi connectivity index (χ2v) is 9.03. The average Bonchev–Trinajstić information content (AvgIpc) is 3.12. The van der Waals surface area contributed by atoms with E-state index in [0.29, 0.717) is 30.1 Å². The number of methoxy groups -OCH3 is 1. The maximum Gasteiger partial charge on any atom is 0.203 e. The van der Waals surface area contributed by atoms with Crippen molar-refractivity contribution in [3.8, 4) is 17.2 Å². The standard InChI is InChI=1S/C25H27NO4/c1-26-11-10-25-17-8-9-19(27)24(25)30-23-21(25)16(12-18(17)26)13-20(22(23)28-2)29-14-15-6-4-3-5-7-15/h3-9,13,17-19,24,27H,10-12,14H2,1-2H3/t17-,18+,19-,24-,25-/m0/s1. The lowest BCUT2D eigenvalue weighted by Gasteiger charge is -2.56. The highest BCUT2D eigenvalue weighted by Gasteiger charge is 2.64. The molecule has 1 N–H and O–H groups in total. The van der Waals surface area contributed by atoms with E-state index in [1.165, 1.54) is 11.1 Å². The second kappa shape index (κ2) is 6.50. The van der Waals surface area contributed by atoms with Gasteiger partial charge in [-0.15, -0.1) is 0 Å². The van der Waals surface area contributed by atoms with Crippen molar-refractivity contribution in [2.75, 3.05) is 20.7 Å². The fourth-order valence-corrected chi connectivity index (χ4v) is 6.31. The zero-order valence-electron chi connectivity index (χ0n) is 17.4. The van der Waals surface area contributed by atoms with Crippen LogP contribution in [0.2, 0.25) is 0 Å². The minimum absolute atomic E-state index is 0.181. The molecule has 5 nitrogen and oxygen atoms in total. The SMILES string of the molecule is COc1c(OCc2ccccc2)cc2c3c1O[C@H]1[C@@H](O)C=C[C@H]4[C@@H](C2)N(C)CC[C@@]341. The number of nitrogens with zero attached hydrogens (tertiary/aromatic N) is 1. The summed E-state index contributed by atoms with van der Waals surface area (Å²) >= 11 is 0. The van der Waals surface area contributed by atoms with Crippen molar-refractivity contribution in [1.82, 2.24) is 4.90 Å². The van der Waals surface area contributed by atoms with Gasteiger partial charge in [-0.05, 0) is 43.6 Å². The van der Waals surface area contributed by atoms with Crippen molar-refractivity contribution in [3.63, 3.8) is 0 Å². The Morgan fingerprint density at radius 1 is 1.23 bits per heavy atom. The van der Waals surface area contributed by atoms with Crippen LogP contribution in [0.1, 0.15) is 23.1 Å². The number of piperidine rings is 1. The number of rotatable bonds is 4. The summed E-state index contributed by atoms with van der Waals surface area (Å²) in [6.07, 6.45) is 5.21. The van der Waals surface area contributed by atoms with Crippen molar-refractivity contribution in [1.29, 1.82) is 0 Å². The molecule has 1 spiro atoms. The highest BCUT2D eigenvalue weighted by atomic mass is 16.5. The van der Waals surface area contributed by atoms with Crippen LogP contribution in [-0.4, -0.2) is 49.0 Å². The minimum atomic E-state index is -0.609. The van der Waals surface area contributed by atoms with E-state index in [4.69, 9.17) is 14.2 Å². The summed E-state index contributed by atoms with van der Waals surface area (Å²) in [4.78, 5) is 2.46. The zero-order chi connectivity index (χ0) is 20.5. The van der Waals surface area contributed by atoms with Gasteiger partial charge in [-0.2, -0.15) is 0 Å². The Labute approximate surface area is 176 Å². The topological polar surface area (TPSA) is 51.2 Å². The lowest BCUT2D eigenvalue weighted by molar-refractivity contribution is -0.0453. The van der Waals surface area contributed by atoms with Crippen molar-refractivity contribution in [2.45, 2.75) is 43.1 Å². The summed E-state index contributed by atoms with van der Waals surface area (Å²) in [5.41, 5.74) is 3.44. The molecule has 4 aliphatic rings. The van der Waals surface area contributed by atoms with Gasteiger partial charge in [0.05, 0.1) is 7.11 Å². The maximum absolute atomic E-state index is 10.8. The monoisotopic (exact) mass is 405 g/mol. The first-order chi connectivity index (χ1) is 14.6. The van der Waals surface area contributed by atoms with E-state index < -0.39 is 6.10 Å². The molecule has 0 amide bonds. The lowest BCUT2D eigenvalue weighted by Crippen LogP contribution is -2.64. The number of likely N-dealkylation sites (N-methyl/N-ethyl adjacent to an activating group) is 1. The van der Waals surface area contributed by atoms with Gasteiger partial charge in [-0.25, -0.2) is 0 Å². The quantitative estimate of drug-likeness (QED) is 0.793. The first-order valence-electron chi connectivity index (χ1n) is 10.8. The molecule has 2 aromatic carbocycles. The summed E-state index contributed by atoms with van der Waals surface area (Å²) in [5.74, 6) is 2.49. The van der Waals surface area contributed by atoms with Crippen molar-refractivity contribution in [3.05, 3.63) is 65.2 Å². The Balaban J connectivity index is 1.48. The van der Waals surface area contributed by atoms with Crippen LogP contribution in [-0.2, 0) is 18.4 Å². The number of likely N-dealkylation sites (tertiary alicyclic amines) is 1. The second-order valence-electron chi connectivity index (χ2n) is 9.03. The van der Waals surface area contributed by atoms with Gasteiger partial charge in [0.1, 0.15) is 18.8 Å². The third-order valence-corrected chi connectivity index (χ3v) is 7.65. The van der Waals surface area contributed by atoms with Crippen LogP contribution in [0.25, 0.3) is 0 Å². The van der Waals surface area contributed by atoms with Crippen LogP contribution < -0.4 is 14.2 Å². The smallest absolute Gasteiger partial charge is 0.203 e. The van der Waals surface area contributed by atoms with Crippen LogP contribution in [0.4, 0.5) is 0 Å². The van der Waals surface area contributed by atoms with Gasteiger partial charge in [-0.3, -0.25) is 0 Å². The molecule has 2 aliphatic carbocycles. The van der Waals surface area contributed by atoms with E-state index in [1.54, 1.807) is 7.11 Å². The molecule has 2 heterocycles. The van der Waals surface area contributed by atoms with Crippen LogP contribution in [0.3, 0.4) is 0 Å². The molecule has 0 saturated carbocycles. The molecule has 0 radical (unpaired) electrons. The van der Waals surface area contributed by atoms with Gasteiger partial charge in [-0.1, -0.05) is 42.5 Å². The number of ether oxygens (including phenoxy) is 3. The summed E-state index contributed by atoms with van der Waals surface area (Å²) in [6, 6.07) is 12.7. The first kappa shape index (κ1) is 18.3. The molecule has 2 aromatic rings. The minimum Gasteiger partial charge on any atom is -0.490 e. The van der Waals surface area contributed by atoms with Crippen LogP contribution in [0.5, 0.6) is 17.2 Å². The van der Waals surface area contributed by atoms with Gasteiger partial charge in [0.25, 0.3) is 0 Å². The Morgan fingerprint density at radius 2 is 2.07 bits per heavy atom. The normalized spacial score (nSPS) is 33.0. The van der Waals surface area contributed by atoms with E-state index >= 15 is 0 Å². The largest absolute Gasteiger partial charge is 0.490 e. The van der Waals surface area contributed by atoms with E-state index in [1.807, 2.05) is 24.3 Å². The van der Waals surface area contributed by atoms with Gasteiger partial charge in [0.15, 0.2) is 11.5 Å². The molecule has 5 atom stereocenters. The maximum atomic E-state index is 10.8. The predicted molar refractivity (Wildman–Crippen MR) is 113 cm³/mol. The molecule has 1 fully saturated rings. The van der Waals surface area contributed by atoms with E-state index in [0.717, 1.165) is 30.7 Å². The van der Waals surface area contributed by atoms with Crippen molar-refractivity contribution >= 4 is 0 Å². The molecule has 156 valence electrons. The number of benzene rings is 2. The summed E-state index contributed by atoms with van der Waals surface area (Å²) in [6.45, 7) is 1.48. The zero-order valence-corrected chi connectivity index (χ0v) is 17.4. The summed E-state index contributed by atoms with van der Waals surface area (Å²) in [5, 5.41) is 10.8. The Morgan fingerprint density at radius 3 is 2.87 bits per heavy atom. The lowest BCUT2D eigenvalue weighted by atomic mass is 9.53. The van der Waals surface area contributed by atoms with Crippen LogP contribution >= 0.6 is 0 Å². The van der Waals surface area contributed by atoms with Crippen LogP contribution in [0, 0.1) is 5.92 Å². The van der Waals surface area contributed by atoms with Gasteiger partial charge in [0.2, 0.25) is 5.75 Å². The van der Waals surface area contributed by atoms with Crippen molar-refractivity contribution < 1.29 is 19.3 Å². The highest BCUT2D eigenvalue weighted by molar-refractivity contribution is 5.67. The molecule has 2 aliphatic heterocycles. The molecule has 30 heavy (non-hydrogen) atoms. The third-order valence-electron chi connectivity index (χ3n) is 7.65. The molecular weight excluding hydrogens is 378 g/mol. The number of aliphatic hydroxyl groups is 1. The third kappa shape index (κ3) is 2.30. The number of aliphatic hydroxyl groups excluding tert-OH is 1. The molecule has 5 heteroatoms. The molecule has 2 bridgehead atoms. The molecule has 0 aromatic heterocycles. The fraction of sp³-hybridized carbons (Fsp3) is 0.440.